The topological polar surface area (TPSA) is 79.5 Å². The Morgan fingerprint density at radius 2 is 2.10 bits per heavy atom. The summed E-state index contributed by atoms with van der Waals surface area (Å²) in [5, 5.41) is 13.8. The Hall–Kier alpha value is -1.43. The minimum Gasteiger partial charge on any atom is -0.383 e. The first-order valence-electron chi connectivity index (χ1n) is 7.24. The van der Waals surface area contributed by atoms with E-state index in [-0.39, 0.29) is 11.8 Å². The van der Waals surface area contributed by atoms with Crippen LogP contribution >= 0.6 is 0 Å². The molecule has 0 radical (unpaired) electrons. The molecule has 0 unspecified atom stereocenters. The van der Waals surface area contributed by atoms with Crippen LogP contribution in [0.1, 0.15) is 50.7 Å². The summed E-state index contributed by atoms with van der Waals surface area (Å²) in [6.07, 6.45) is 1.28. The van der Waals surface area contributed by atoms with Gasteiger partial charge in [0.05, 0.1) is 0 Å². The van der Waals surface area contributed by atoms with Gasteiger partial charge in [-0.15, -0.1) is 0 Å². The van der Waals surface area contributed by atoms with E-state index in [1.165, 1.54) is 0 Å². The molecule has 1 atom stereocenters. The number of aromatic nitrogens is 2. The van der Waals surface area contributed by atoms with Crippen LogP contribution in [0.4, 0.5) is 0 Å². The maximum absolute atomic E-state index is 12.1. The van der Waals surface area contributed by atoms with Gasteiger partial charge < -0.3 is 14.5 Å². The smallest absolute Gasteiger partial charge is 0.251 e. The Labute approximate surface area is 119 Å². The molecule has 2 heterocycles. The van der Waals surface area contributed by atoms with Gasteiger partial charge in [0.25, 0.3) is 5.91 Å². The Balaban J connectivity index is 1.86. The van der Waals surface area contributed by atoms with Crippen molar-refractivity contribution in [1.82, 2.24) is 15.0 Å². The summed E-state index contributed by atoms with van der Waals surface area (Å²) in [5.41, 5.74) is 0. The fourth-order valence-corrected chi connectivity index (χ4v) is 2.60. The van der Waals surface area contributed by atoms with Crippen LogP contribution in [0.3, 0.4) is 0 Å². The van der Waals surface area contributed by atoms with E-state index in [0.717, 1.165) is 18.7 Å². The van der Waals surface area contributed by atoms with E-state index in [1.807, 2.05) is 13.8 Å². The van der Waals surface area contributed by atoms with Crippen molar-refractivity contribution in [3.05, 3.63) is 11.7 Å². The third-order valence-electron chi connectivity index (χ3n) is 3.69. The lowest BCUT2D eigenvalue weighted by Gasteiger charge is -2.32. The molecular formula is C14H23N3O3. The van der Waals surface area contributed by atoms with Crippen molar-refractivity contribution < 1.29 is 14.4 Å². The molecule has 112 valence electrons. The highest BCUT2D eigenvalue weighted by Crippen LogP contribution is 2.26. The van der Waals surface area contributed by atoms with E-state index in [2.05, 4.69) is 10.1 Å². The first kappa shape index (κ1) is 15.0. The summed E-state index contributed by atoms with van der Waals surface area (Å²) in [5.74, 6) is 1.72. The molecule has 1 aliphatic heterocycles. The second-order valence-corrected chi connectivity index (χ2v) is 5.92. The molecular weight excluding hydrogens is 258 g/mol. The summed E-state index contributed by atoms with van der Waals surface area (Å²) >= 11 is 0. The molecule has 0 spiro atoms. The van der Waals surface area contributed by atoms with E-state index in [4.69, 9.17) is 4.52 Å². The SMILES string of the molecule is Cc1nc(C2CCN(C(=O)[C@H](O)CC(C)C)CC2)no1. The van der Waals surface area contributed by atoms with E-state index < -0.39 is 6.10 Å². The normalized spacial score (nSPS) is 18.6. The van der Waals surface area contributed by atoms with Gasteiger partial charge in [-0.3, -0.25) is 4.79 Å². The predicted octanol–water partition coefficient (Wildman–Crippen LogP) is 1.49. The zero-order chi connectivity index (χ0) is 14.7. The molecule has 1 saturated heterocycles. The van der Waals surface area contributed by atoms with Crippen molar-refractivity contribution in [2.75, 3.05) is 13.1 Å². The van der Waals surface area contributed by atoms with Gasteiger partial charge in [0, 0.05) is 25.9 Å². The summed E-state index contributed by atoms with van der Waals surface area (Å²) in [4.78, 5) is 18.1. The molecule has 1 aromatic heterocycles. The molecule has 2 rings (SSSR count). The van der Waals surface area contributed by atoms with Crippen LogP contribution in [0.5, 0.6) is 0 Å². The van der Waals surface area contributed by atoms with Gasteiger partial charge in [-0.2, -0.15) is 4.98 Å². The lowest BCUT2D eigenvalue weighted by atomic mass is 9.95. The van der Waals surface area contributed by atoms with E-state index in [0.29, 0.717) is 31.3 Å². The Morgan fingerprint density at radius 3 is 2.60 bits per heavy atom. The molecule has 1 aliphatic rings. The second-order valence-electron chi connectivity index (χ2n) is 5.92. The Bertz CT molecular complexity index is 450. The minimum absolute atomic E-state index is 0.151. The number of amides is 1. The van der Waals surface area contributed by atoms with Gasteiger partial charge in [0.2, 0.25) is 5.89 Å². The van der Waals surface area contributed by atoms with E-state index in [1.54, 1.807) is 11.8 Å². The van der Waals surface area contributed by atoms with E-state index in [9.17, 15) is 9.90 Å². The van der Waals surface area contributed by atoms with Gasteiger partial charge in [0.15, 0.2) is 5.82 Å². The van der Waals surface area contributed by atoms with Crippen molar-refractivity contribution >= 4 is 5.91 Å². The van der Waals surface area contributed by atoms with Crippen molar-refractivity contribution in [2.45, 2.75) is 52.1 Å². The van der Waals surface area contributed by atoms with E-state index >= 15 is 0 Å². The van der Waals surface area contributed by atoms with Crippen LogP contribution in [0.2, 0.25) is 0 Å². The Kier molecular flexibility index (Phi) is 4.75. The van der Waals surface area contributed by atoms with Gasteiger partial charge in [-0.05, 0) is 25.2 Å². The fraction of sp³-hybridized carbons (Fsp3) is 0.786. The van der Waals surface area contributed by atoms with Crippen LogP contribution < -0.4 is 0 Å². The number of carbonyl (C=O) groups is 1. The summed E-state index contributed by atoms with van der Waals surface area (Å²) in [6, 6.07) is 0. The van der Waals surface area contributed by atoms with Crippen LogP contribution in [-0.2, 0) is 4.79 Å². The third kappa shape index (κ3) is 3.56. The van der Waals surface area contributed by atoms with Crippen molar-refractivity contribution in [3.63, 3.8) is 0 Å². The minimum atomic E-state index is -0.876. The lowest BCUT2D eigenvalue weighted by Crippen LogP contribution is -2.44. The highest BCUT2D eigenvalue weighted by Gasteiger charge is 2.29. The van der Waals surface area contributed by atoms with Crippen LogP contribution in [-0.4, -0.2) is 45.2 Å². The number of piperidine rings is 1. The summed E-state index contributed by atoms with van der Waals surface area (Å²) in [6.45, 7) is 7.07. The fourth-order valence-electron chi connectivity index (χ4n) is 2.60. The number of nitrogens with zero attached hydrogens (tertiary/aromatic N) is 3. The maximum Gasteiger partial charge on any atom is 0.251 e. The molecule has 0 saturated carbocycles. The average Bonchev–Trinajstić information content (AvgIpc) is 2.84. The van der Waals surface area contributed by atoms with Crippen LogP contribution in [0.15, 0.2) is 4.52 Å². The first-order valence-corrected chi connectivity index (χ1v) is 7.24. The van der Waals surface area contributed by atoms with Gasteiger partial charge in [-0.25, -0.2) is 0 Å². The second kappa shape index (κ2) is 6.35. The van der Waals surface area contributed by atoms with Gasteiger partial charge in [-0.1, -0.05) is 19.0 Å². The summed E-state index contributed by atoms with van der Waals surface area (Å²) < 4.78 is 4.99. The Morgan fingerprint density at radius 1 is 1.45 bits per heavy atom. The largest absolute Gasteiger partial charge is 0.383 e. The quantitative estimate of drug-likeness (QED) is 0.904. The van der Waals surface area contributed by atoms with Crippen molar-refractivity contribution in [1.29, 1.82) is 0 Å². The molecule has 0 bridgehead atoms. The summed E-state index contributed by atoms with van der Waals surface area (Å²) in [7, 11) is 0. The molecule has 1 N–H and O–H groups in total. The number of rotatable bonds is 4. The van der Waals surface area contributed by atoms with Crippen LogP contribution in [0.25, 0.3) is 0 Å². The number of aliphatic hydroxyl groups excluding tert-OH is 1. The number of likely N-dealkylation sites (tertiary alicyclic amines) is 1. The number of carbonyl (C=O) groups excluding carboxylic acids is 1. The molecule has 6 heteroatoms. The number of hydrogen-bond donors (Lipinski definition) is 1. The average molecular weight is 281 g/mol. The van der Waals surface area contributed by atoms with Crippen molar-refractivity contribution in [3.8, 4) is 0 Å². The highest BCUT2D eigenvalue weighted by molar-refractivity contribution is 5.80. The molecule has 20 heavy (non-hydrogen) atoms. The molecule has 1 fully saturated rings. The number of aryl methyl sites for hydroxylation is 1. The predicted molar refractivity (Wildman–Crippen MR) is 73.1 cm³/mol. The van der Waals surface area contributed by atoms with Gasteiger partial charge in [0.1, 0.15) is 6.10 Å². The highest BCUT2D eigenvalue weighted by atomic mass is 16.5. The standard InChI is InChI=1S/C14H23N3O3/c1-9(2)8-12(18)14(19)17-6-4-11(5-7-17)13-15-10(3)20-16-13/h9,11-12,18H,4-8H2,1-3H3/t12-/m1/s1. The monoisotopic (exact) mass is 281 g/mol. The van der Waals surface area contributed by atoms with Gasteiger partial charge >= 0.3 is 0 Å². The zero-order valence-electron chi connectivity index (χ0n) is 12.4. The van der Waals surface area contributed by atoms with Crippen molar-refractivity contribution in [2.24, 2.45) is 5.92 Å². The third-order valence-corrected chi connectivity index (χ3v) is 3.69. The molecule has 0 aliphatic carbocycles. The number of aliphatic hydroxyl groups is 1. The maximum atomic E-state index is 12.1. The first-order chi connectivity index (χ1) is 9.47. The lowest BCUT2D eigenvalue weighted by molar-refractivity contribution is -0.142. The van der Waals surface area contributed by atoms with Crippen LogP contribution in [0, 0.1) is 12.8 Å². The molecule has 6 nitrogen and oxygen atoms in total. The number of hydrogen-bond acceptors (Lipinski definition) is 5. The molecule has 1 amide bonds. The molecule has 0 aromatic carbocycles. The molecule has 1 aromatic rings. The zero-order valence-corrected chi connectivity index (χ0v) is 12.4.